The van der Waals surface area contributed by atoms with E-state index in [1.807, 2.05) is 18.2 Å². The van der Waals surface area contributed by atoms with Crippen molar-refractivity contribution in [1.82, 2.24) is 5.32 Å². The van der Waals surface area contributed by atoms with E-state index in [0.717, 1.165) is 36.7 Å². The zero-order valence-corrected chi connectivity index (χ0v) is 13.2. The minimum absolute atomic E-state index is 0.0878. The first-order chi connectivity index (χ1) is 11.2. The van der Waals surface area contributed by atoms with Gasteiger partial charge in [0.05, 0.1) is 20.5 Å². The number of carbonyl (C=O) groups is 1. The summed E-state index contributed by atoms with van der Waals surface area (Å²) in [7, 11) is 3.27. The van der Waals surface area contributed by atoms with Crippen LogP contribution >= 0.6 is 0 Å². The molecule has 1 fully saturated rings. The lowest BCUT2D eigenvalue weighted by molar-refractivity contribution is 0.0912. The van der Waals surface area contributed by atoms with Gasteiger partial charge in [-0.25, -0.2) is 0 Å². The summed E-state index contributed by atoms with van der Waals surface area (Å²) in [5.41, 5.74) is 1.02. The third-order valence-electron chi connectivity index (χ3n) is 3.97. The second-order valence-corrected chi connectivity index (χ2v) is 5.45. The van der Waals surface area contributed by atoms with Crippen LogP contribution in [0.2, 0.25) is 0 Å². The van der Waals surface area contributed by atoms with E-state index in [4.69, 9.17) is 13.9 Å². The normalized spacial score (nSPS) is 17.1. The van der Waals surface area contributed by atoms with Crippen molar-refractivity contribution in [2.45, 2.75) is 12.5 Å². The highest BCUT2D eigenvalue weighted by molar-refractivity contribution is 5.91. The second kappa shape index (κ2) is 6.64. The Morgan fingerprint density at radius 1 is 1.26 bits per heavy atom. The molecule has 0 spiro atoms. The number of hydrogen-bond donors (Lipinski definition) is 1. The van der Waals surface area contributed by atoms with Gasteiger partial charge in [-0.15, -0.1) is 0 Å². The summed E-state index contributed by atoms with van der Waals surface area (Å²) >= 11 is 0. The molecular formula is C17H20N2O4. The number of amides is 1. The highest BCUT2D eigenvalue weighted by Crippen LogP contribution is 2.30. The van der Waals surface area contributed by atoms with Crippen molar-refractivity contribution >= 4 is 11.6 Å². The van der Waals surface area contributed by atoms with E-state index in [9.17, 15) is 4.79 Å². The van der Waals surface area contributed by atoms with E-state index >= 15 is 0 Å². The summed E-state index contributed by atoms with van der Waals surface area (Å²) in [5.74, 6) is 1.67. The van der Waals surface area contributed by atoms with Gasteiger partial charge in [0, 0.05) is 43.0 Å². The molecule has 1 aliphatic heterocycles. The van der Waals surface area contributed by atoms with E-state index in [1.165, 1.54) is 6.26 Å². The maximum Gasteiger partial charge on any atom is 0.287 e. The van der Waals surface area contributed by atoms with Crippen LogP contribution in [-0.4, -0.2) is 39.3 Å². The Labute approximate surface area is 135 Å². The van der Waals surface area contributed by atoms with Gasteiger partial charge < -0.3 is 24.1 Å². The number of ether oxygens (including phenoxy) is 2. The summed E-state index contributed by atoms with van der Waals surface area (Å²) in [6, 6.07) is 9.24. The molecule has 0 bridgehead atoms. The molecule has 1 N–H and O–H groups in total. The fourth-order valence-corrected chi connectivity index (χ4v) is 2.75. The fraction of sp³-hybridized carbons (Fsp3) is 0.353. The molecule has 122 valence electrons. The van der Waals surface area contributed by atoms with Crippen LogP contribution < -0.4 is 19.7 Å². The van der Waals surface area contributed by atoms with Crippen LogP contribution in [0.15, 0.2) is 41.0 Å². The van der Waals surface area contributed by atoms with Crippen molar-refractivity contribution in [3.8, 4) is 11.5 Å². The lowest BCUT2D eigenvalue weighted by Crippen LogP contribution is -2.36. The quantitative estimate of drug-likeness (QED) is 0.917. The maximum absolute atomic E-state index is 12.0. The van der Waals surface area contributed by atoms with Gasteiger partial charge in [0.25, 0.3) is 5.91 Å². The van der Waals surface area contributed by atoms with Gasteiger partial charge in [-0.2, -0.15) is 0 Å². The number of anilines is 1. The Balaban J connectivity index is 1.66. The zero-order valence-electron chi connectivity index (χ0n) is 13.2. The molecule has 1 atom stereocenters. The molecule has 1 unspecified atom stereocenters. The molecule has 1 saturated heterocycles. The Kier molecular flexibility index (Phi) is 4.41. The van der Waals surface area contributed by atoms with E-state index in [0.29, 0.717) is 5.76 Å². The van der Waals surface area contributed by atoms with Crippen LogP contribution in [0, 0.1) is 0 Å². The molecule has 0 aliphatic carbocycles. The fourth-order valence-electron chi connectivity index (χ4n) is 2.75. The van der Waals surface area contributed by atoms with Crippen LogP contribution in [-0.2, 0) is 0 Å². The van der Waals surface area contributed by atoms with E-state index in [-0.39, 0.29) is 11.9 Å². The van der Waals surface area contributed by atoms with Gasteiger partial charge in [0.1, 0.15) is 11.5 Å². The third-order valence-corrected chi connectivity index (χ3v) is 3.97. The van der Waals surface area contributed by atoms with Crippen molar-refractivity contribution in [2.24, 2.45) is 0 Å². The molecule has 6 nitrogen and oxygen atoms in total. The van der Waals surface area contributed by atoms with Crippen molar-refractivity contribution in [3.05, 3.63) is 42.4 Å². The average Bonchev–Trinajstić information content (AvgIpc) is 3.26. The van der Waals surface area contributed by atoms with Gasteiger partial charge >= 0.3 is 0 Å². The summed E-state index contributed by atoms with van der Waals surface area (Å²) in [6.45, 7) is 1.60. The first-order valence-corrected chi connectivity index (χ1v) is 7.52. The summed E-state index contributed by atoms with van der Waals surface area (Å²) in [4.78, 5) is 14.2. The van der Waals surface area contributed by atoms with E-state index < -0.39 is 0 Å². The van der Waals surface area contributed by atoms with Gasteiger partial charge in [0.15, 0.2) is 5.76 Å². The van der Waals surface area contributed by atoms with Gasteiger partial charge in [-0.05, 0) is 18.6 Å². The van der Waals surface area contributed by atoms with Gasteiger partial charge in [-0.3, -0.25) is 4.79 Å². The highest BCUT2D eigenvalue weighted by atomic mass is 16.5. The second-order valence-electron chi connectivity index (χ2n) is 5.45. The third kappa shape index (κ3) is 3.41. The monoisotopic (exact) mass is 316 g/mol. The molecule has 2 heterocycles. The van der Waals surface area contributed by atoms with Crippen molar-refractivity contribution in [2.75, 3.05) is 32.2 Å². The molecule has 1 aromatic heterocycles. The van der Waals surface area contributed by atoms with E-state index in [2.05, 4.69) is 10.2 Å². The maximum atomic E-state index is 12.0. The minimum atomic E-state index is -0.176. The zero-order chi connectivity index (χ0) is 16.2. The topological polar surface area (TPSA) is 63.9 Å². The number of rotatable bonds is 5. The van der Waals surface area contributed by atoms with Crippen molar-refractivity contribution < 1.29 is 18.7 Å². The molecule has 2 aromatic rings. The Bertz CT molecular complexity index is 647. The minimum Gasteiger partial charge on any atom is -0.497 e. The lowest BCUT2D eigenvalue weighted by atomic mass is 10.2. The van der Waals surface area contributed by atoms with Crippen LogP contribution in [0.5, 0.6) is 11.5 Å². The lowest BCUT2D eigenvalue weighted by Gasteiger charge is -2.20. The molecule has 1 amide bonds. The number of furan rings is 1. The summed E-state index contributed by atoms with van der Waals surface area (Å²) in [6.07, 6.45) is 2.38. The standard InChI is InChI=1S/C17H20N2O4/c1-21-14-8-13(9-15(10-14)22-2)19-6-5-12(11-19)18-17(20)16-4-3-7-23-16/h3-4,7-10,12H,5-6,11H2,1-2H3,(H,18,20). The van der Waals surface area contributed by atoms with Crippen LogP contribution in [0.3, 0.4) is 0 Å². The van der Waals surface area contributed by atoms with E-state index in [1.54, 1.807) is 26.4 Å². The first-order valence-electron chi connectivity index (χ1n) is 7.52. The largest absolute Gasteiger partial charge is 0.497 e. The molecule has 6 heteroatoms. The van der Waals surface area contributed by atoms with Crippen LogP contribution in [0.4, 0.5) is 5.69 Å². The number of methoxy groups -OCH3 is 2. The number of hydrogen-bond acceptors (Lipinski definition) is 5. The number of nitrogens with zero attached hydrogens (tertiary/aromatic N) is 1. The molecular weight excluding hydrogens is 296 g/mol. The predicted octanol–water partition coefficient (Wildman–Crippen LogP) is 2.31. The summed E-state index contributed by atoms with van der Waals surface area (Å²) < 4.78 is 15.7. The molecule has 0 saturated carbocycles. The molecule has 0 radical (unpaired) electrons. The van der Waals surface area contributed by atoms with Crippen LogP contribution in [0.1, 0.15) is 17.0 Å². The van der Waals surface area contributed by atoms with Crippen molar-refractivity contribution in [3.63, 3.8) is 0 Å². The molecule has 1 aliphatic rings. The highest BCUT2D eigenvalue weighted by Gasteiger charge is 2.25. The number of nitrogens with one attached hydrogen (secondary N) is 1. The number of benzene rings is 1. The van der Waals surface area contributed by atoms with Gasteiger partial charge in [-0.1, -0.05) is 0 Å². The Hall–Kier alpha value is -2.63. The van der Waals surface area contributed by atoms with Crippen molar-refractivity contribution in [1.29, 1.82) is 0 Å². The molecule has 1 aromatic carbocycles. The SMILES string of the molecule is COc1cc(OC)cc(N2CCC(NC(=O)c3ccco3)C2)c1. The molecule has 23 heavy (non-hydrogen) atoms. The van der Waals surface area contributed by atoms with Crippen LogP contribution in [0.25, 0.3) is 0 Å². The smallest absolute Gasteiger partial charge is 0.287 e. The summed E-state index contributed by atoms with van der Waals surface area (Å²) in [5, 5.41) is 3.00. The Morgan fingerprint density at radius 3 is 2.61 bits per heavy atom. The molecule has 3 rings (SSSR count). The predicted molar refractivity (Wildman–Crippen MR) is 86.3 cm³/mol. The number of carbonyl (C=O) groups excluding carboxylic acids is 1. The average molecular weight is 316 g/mol. The Morgan fingerprint density at radius 2 is 2.00 bits per heavy atom. The first kappa shape index (κ1) is 15.3. The van der Waals surface area contributed by atoms with Gasteiger partial charge in [0.2, 0.25) is 0 Å².